The Kier molecular flexibility index (Phi) is 9.83. The van der Waals surface area contributed by atoms with E-state index in [9.17, 15) is 0 Å². The van der Waals surface area contributed by atoms with Crippen molar-refractivity contribution in [2.45, 2.75) is 65.2 Å². The topological polar surface area (TPSA) is 47.6 Å². The van der Waals surface area contributed by atoms with Crippen LogP contribution in [-0.4, -0.2) is 0 Å². The number of nitriles is 2. The molecule has 0 aromatic heterocycles. The quantitative estimate of drug-likeness (QED) is 0.540. The summed E-state index contributed by atoms with van der Waals surface area (Å²) in [6.07, 6.45) is 9.17. The van der Waals surface area contributed by atoms with Gasteiger partial charge in [0.15, 0.2) is 0 Å². The van der Waals surface area contributed by atoms with Crippen molar-refractivity contribution in [3.8, 4) is 12.1 Å². The van der Waals surface area contributed by atoms with Gasteiger partial charge in [-0.15, -0.1) is 0 Å². The lowest BCUT2D eigenvalue weighted by atomic mass is 9.88. The van der Waals surface area contributed by atoms with Gasteiger partial charge in [-0.05, 0) is 12.8 Å². The second kappa shape index (κ2) is 10.5. The molecule has 0 N–H and O–H groups in total. The Bertz CT molecular complexity index is 234. The van der Waals surface area contributed by atoms with E-state index in [1.807, 2.05) is 6.92 Å². The van der Waals surface area contributed by atoms with Gasteiger partial charge in [0.2, 0.25) is 0 Å². The van der Waals surface area contributed by atoms with E-state index in [4.69, 9.17) is 10.5 Å². The molecule has 0 aliphatic heterocycles. The number of nitrogens with zero attached hydrogens (tertiary/aromatic N) is 2. The van der Waals surface area contributed by atoms with Crippen molar-refractivity contribution in [3.05, 3.63) is 0 Å². The molecule has 16 heavy (non-hydrogen) atoms. The third kappa shape index (κ3) is 6.46. The van der Waals surface area contributed by atoms with Gasteiger partial charge in [0.1, 0.15) is 0 Å². The van der Waals surface area contributed by atoms with Gasteiger partial charge in [0.25, 0.3) is 0 Å². The molecule has 0 bridgehead atoms. The highest BCUT2D eigenvalue weighted by Crippen LogP contribution is 2.21. The summed E-state index contributed by atoms with van der Waals surface area (Å²) >= 11 is 0. The van der Waals surface area contributed by atoms with Crippen molar-refractivity contribution in [1.82, 2.24) is 0 Å². The molecule has 0 saturated heterocycles. The van der Waals surface area contributed by atoms with Gasteiger partial charge >= 0.3 is 0 Å². The van der Waals surface area contributed by atoms with Crippen LogP contribution in [0, 0.1) is 34.5 Å². The minimum Gasteiger partial charge on any atom is -0.198 e. The summed E-state index contributed by atoms with van der Waals surface area (Å²) < 4.78 is 0. The normalized spacial score (nSPS) is 13.8. The van der Waals surface area contributed by atoms with Gasteiger partial charge in [-0.2, -0.15) is 10.5 Å². The molecule has 0 rings (SSSR count). The summed E-state index contributed by atoms with van der Waals surface area (Å²) in [5, 5.41) is 17.9. The van der Waals surface area contributed by atoms with Crippen LogP contribution in [0.5, 0.6) is 0 Å². The lowest BCUT2D eigenvalue weighted by Crippen LogP contribution is -2.10. The van der Waals surface area contributed by atoms with Crippen LogP contribution in [0.1, 0.15) is 65.2 Å². The lowest BCUT2D eigenvalue weighted by molar-refractivity contribution is 0.428. The van der Waals surface area contributed by atoms with E-state index in [1.165, 1.54) is 32.1 Å². The SMILES string of the molecule is CCCCCCCCC(C#N)C(C#N)CC. The molecular weight excluding hydrogens is 196 g/mol. The van der Waals surface area contributed by atoms with Crippen LogP contribution in [0.15, 0.2) is 0 Å². The standard InChI is InChI=1S/C14H24N2/c1-3-5-6-7-8-9-10-14(12-16)13(4-2)11-15/h13-14H,3-10H2,1-2H3. The maximum atomic E-state index is 9.00. The van der Waals surface area contributed by atoms with Gasteiger partial charge in [-0.1, -0.05) is 52.4 Å². The fraction of sp³-hybridized carbons (Fsp3) is 0.857. The van der Waals surface area contributed by atoms with Gasteiger partial charge < -0.3 is 0 Å². The molecule has 0 aliphatic rings. The van der Waals surface area contributed by atoms with E-state index >= 15 is 0 Å². The van der Waals surface area contributed by atoms with Crippen molar-refractivity contribution in [2.75, 3.05) is 0 Å². The minimum absolute atomic E-state index is 0.0545. The van der Waals surface area contributed by atoms with Crippen molar-refractivity contribution in [3.63, 3.8) is 0 Å². The van der Waals surface area contributed by atoms with Gasteiger partial charge in [-0.3, -0.25) is 0 Å². The average molecular weight is 220 g/mol. The predicted octanol–water partition coefficient (Wildman–Crippen LogP) is 4.43. The molecule has 90 valence electrons. The first-order chi connectivity index (χ1) is 7.79. The highest BCUT2D eigenvalue weighted by molar-refractivity contribution is 4.97. The third-order valence-electron chi connectivity index (χ3n) is 3.13. The van der Waals surface area contributed by atoms with Gasteiger partial charge in [0.05, 0.1) is 24.0 Å². The second-order valence-corrected chi connectivity index (χ2v) is 4.44. The smallest absolute Gasteiger partial charge is 0.0669 e. The maximum absolute atomic E-state index is 9.00. The van der Waals surface area contributed by atoms with Crippen LogP contribution in [0.3, 0.4) is 0 Å². The third-order valence-corrected chi connectivity index (χ3v) is 3.13. The molecule has 0 aliphatic carbocycles. The van der Waals surface area contributed by atoms with Gasteiger partial charge in [-0.25, -0.2) is 0 Å². The van der Waals surface area contributed by atoms with Crippen molar-refractivity contribution >= 4 is 0 Å². The van der Waals surface area contributed by atoms with Gasteiger partial charge in [0, 0.05) is 0 Å². The fourth-order valence-corrected chi connectivity index (χ4v) is 1.97. The Hall–Kier alpha value is -1.02. The van der Waals surface area contributed by atoms with E-state index in [0.29, 0.717) is 0 Å². The molecule has 0 fully saturated rings. The maximum Gasteiger partial charge on any atom is 0.0669 e. The molecule has 0 aromatic carbocycles. The molecule has 0 radical (unpaired) electrons. The molecule has 0 saturated carbocycles. The highest BCUT2D eigenvalue weighted by atomic mass is 14.3. The van der Waals surface area contributed by atoms with Crippen LogP contribution in [0.2, 0.25) is 0 Å². The molecule has 0 aromatic rings. The van der Waals surface area contributed by atoms with Crippen LogP contribution in [0.25, 0.3) is 0 Å². The van der Waals surface area contributed by atoms with E-state index in [-0.39, 0.29) is 11.8 Å². The van der Waals surface area contributed by atoms with Crippen LogP contribution in [-0.2, 0) is 0 Å². The Balaban J connectivity index is 3.65. The molecule has 2 unspecified atom stereocenters. The summed E-state index contributed by atoms with van der Waals surface area (Å²) in [5.74, 6) is -0.123. The fourth-order valence-electron chi connectivity index (χ4n) is 1.97. The van der Waals surface area contributed by atoms with Crippen molar-refractivity contribution < 1.29 is 0 Å². The zero-order valence-corrected chi connectivity index (χ0v) is 10.7. The van der Waals surface area contributed by atoms with Crippen molar-refractivity contribution in [1.29, 1.82) is 10.5 Å². The Morgan fingerprint density at radius 1 is 0.812 bits per heavy atom. The predicted molar refractivity (Wildman–Crippen MR) is 66.5 cm³/mol. The second-order valence-electron chi connectivity index (χ2n) is 4.44. The molecule has 2 nitrogen and oxygen atoms in total. The molecule has 2 heteroatoms. The van der Waals surface area contributed by atoms with Crippen molar-refractivity contribution in [2.24, 2.45) is 11.8 Å². The summed E-state index contributed by atoms with van der Waals surface area (Å²) in [6, 6.07) is 4.53. The first-order valence-corrected chi connectivity index (χ1v) is 6.59. The summed E-state index contributed by atoms with van der Waals surface area (Å²) in [4.78, 5) is 0. The van der Waals surface area contributed by atoms with E-state index in [0.717, 1.165) is 19.3 Å². The Labute approximate surface area is 100 Å². The first-order valence-electron chi connectivity index (χ1n) is 6.59. The van der Waals surface area contributed by atoms with Crippen LogP contribution >= 0.6 is 0 Å². The number of hydrogen-bond donors (Lipinski definition) is 0. The molecule has 0 heterocycles. The lowest BCUT2D eigenvalue weighted by Gasteiger charge is -2.12. The molecule has 0 spiro atoms. The Morgan fingerprint density at radius 2 is 1.38 bits per heavy atom. The molecule has 0 amide bonds. The summed E-state index contributed by atoms with van der Waals surface area (Å²) in [7, 11) is 0. The first kappa shape index (κ1) is 15.0. The van der Waals surface area contributed by atoms with E-state index in [1.54, 1.807) is 0 Å². The highest BCUT2D eigenvalue weighted by Gasteiger charge is 2.18. The van der Waals surface area contributed by atoms with Crippen LogP contribution in [0.4, 0.5) is 0 Å². The largest absolute Gasteiger partial charge is 0.198 e. The average Bonchev–Trinajstić information content (AvgIpc) is 2.32. The Morgan fingerprint density at radius 3 is 1.88 bits per heavy atom. The number of unbranched alkanes of at least 4 members (excludes halogenated alkanes) is 5. The monoisotopic (exact) mass is 220 g/mol. The molecular formula is C14H24N2. The number of rotatable bonds is 9. The number of hydrogen-bond acceptors (Lipinski definition) is 2. The summed E-state index contributed by atoms with van der Waals surface area (Å²) in [6.45, 7) is 4.20. The van der Waals surface area contributed by atoms with E-state index in [2.05, 4.69) is 19.1 Å². The summed E-state index contributed by atoms with van der Waals surface area (Å²) in [5.41, 5.74) is 0. The van der Waals surface area contributed by atoms with E-state index < -0.39 is 0 Å². The molecule has 2 atom stereocenters. The minimum atomic E-state index is -0.0689. The van der Waals surface area contributed by atoms with Crippen LogP contribution < -0.4 is 0 Å². The zero-order chi connectivity index (χ0) is 12.2. The zero-order valence-electron chi connectivity index (χ0n) is 10.7.